The second-order valence-electron chi connectivity index (χ2n) is 5.07. The highest BCUT2D eigenvalue weighted by Crippen LogP contribution is 2.33. The van der Waals surface area contributed by atoms with Gasteiger partial charge in [0.1, 0.15) is 0 Å². The number of nitrogens with one attached hydrogen (secondary N) is 1. The van der Waals surface area contributed by atoms with Gasteiger partial charge in [-0.05, 0) is 0 Å². The molecule has 1 heterocycles. The summed E-state index contributed by atoms with van der Waals surface area (Å²) in [6.07, 6.45) is 1.64. The summed E-state index contributed by atoms with van der Waals surface area (Å²) in [5.41, 5.74) is 13.9. The Balaban J connectivity index is 0.000000247. The monoisotopic (exact) mass is 392 g/mol. The summed E-state index contributed by atoms with van der Waals surface area (Å²) in [5, 5.41) is 6.89. The Hall–Kier alpha value is -3.82. The van der Waals surface area contributed by atoms with Gasteiger partial charge in [-0.2, -0.15) is 0 Å². The summed E-state index contributed by atoms with van der Waals surface area (Å²) in [5.74, 6) is 2.58. The average molecular weight is 392 g/mol. The molecule has 0 saturated carbocycles. The molecule has 0 bridgehead atoms. The van der Waals surface area contributed by atoms with E-state index in [1.807, 2.05) is 12.1 Å². The SMILES string of the molecule is COc1cc(N)c(N)cc1OC.COc1cc2nc[nH]c2cc1OC.O=CO. The van der Waals surface area contributed by atoms with Gasteiger partial charge in [0.05, 0.1) is 57.2 Å². The Morgan fingerprint density at radius 1 is 0.857 bits per heavy atom. The summed E-state index contributed by atoms with van der Waals surface area (Å²) >= 11 is 0. The van der Waals surface area contributed by atoms with E-state index in [0.717, 1.165) is 11.0 Å². The number of aromatic amines is 1. The second-order valence-corrected chi connectivity index (χ2v) is 5.07. The summed E-state index contributed by atoms with van der Waals surface area (Å²) in [6, 6.07) is 6.97. The maximum atomic E-state index is 8.36. The lowest BCUT2D eigenvalue weighted by Crippen LogP contribution is -1.97. The summed E-state index contributed by atoms with van der Waals surface area (Å²) in [6.45, 7) is -0.250. The van der Waals surface area contributed by atoms with E-state index in [1.54, 1.807) is 46.9 Å². The highest BCUT2D eigenvalue weighted by atomic mass is 16.5. The first-order valence-electron chi connectivity index (χ1n) is 7.85. The van der Waals surface area contributed by atoms with E-state index >= 15 is 0 Å². The number of aromatic nitrogens is 2. The van der Waals surface area contributed by atoms with Gasteiger partial charge in [0.15, 0.2) is 23.0 Å². The maximum absolute atomic E-state index is 8.36. The number of imidazole rings is 1. The van der Waals surface area contributed by atoms with Crippen LogP contribution in [0.25, 0.3) is 11.0 Å². The number of fused-ring (bicyclic) bond motifs is 1. The van der Waals surface area contributed by atoms with Crippen LogP contribution in [0.1, 0.15) is 0 Å². The van der Waals surface area contributed by atoms with Crippen molar-refractivity contribution in [3.63, 3.8) is 0 Å². The summed E-state index contributed by atoms with van der Waals surface area (Å²) in [7, 11) is 6.32. The van der Waals surface area contributed by atoms with Gasteiger partial charge < -0.3 is 40.5 Å². The minimum absolute atomic E-state index is 0.250. The van der Waals surface area contributed by atoms with Crippen LogP contribution in [0.5, 0.6) is 23.0 Å². The van der Waals surface area contributed by atoms with Crippen LogP contribution in [0.15, 0.2) is 30.6 Å². The first-order valence-corrected chi connectivity index (χ1v) is 7.85. The smallest absolute Gasteiger partial charge is 0.290 e. The molecule has 0 aliphatic rings. The van der Waals surface area contributed by atoms with Gasteiger partial charge in [0.2, 0.25) is 0 Å². The van der Waals surface area contributed by atoms with E-state index in [-0.39, 0.29) is 6.47 Å². The number of nitrogens with two attached hydrogens (primary N) is 2. The number of benzene rings is 2. The molecule has 10 heteroatoms. The molecule has 3 rings (SSSR count). The van der Waals surface area contributed by atoms with Gasteiger partial charge in [0, 0.05) is 24.3 Å². The standard InChI is InChI=1S/C9H10N2O2.C8H12N2O2.CH2O2/c1-12-8-3-6-7(11-5-10-6)4-9(8)13-2;1-11-7-3-5(9)6(10)4-8(7)12-2;2-1-3/h3-5H,1-2H3,(H,10,11);3-4H,9-10H2,1-2H3;1H,(H,2,3). The lowest BCUT2D eigenvalue weighted by atomic mass is 10.2. The zero-order chi connectivity index (χ0) is 21.1. The van der Waals surface area contributed by atoms with Crippen molar-refractivity contribution in [2.24, 2.45) is 0 Å². The Bertz CT molecular complexity index is 830. The van der Waals surface area contributed by atoms with Crippen molar-refractivity contribution >= 4 is 28.9 Å². The summed E-state index contributed by atoms with van der Waals surface area (Å²) in [4.78, 5) is 15.5. The molecule has 0 amide bonds. The van der Waals surface area contributed by atoms with Gasteiger partial charge in [-0.15, -0.1) is 0 Å². The molecule has 6 N–H and O–H groups in total. The van der Waals surface area contributed by atoms with E-state index in [2.05, 4.69) is 9.97 Å². The number of rotatable bonds is 4. The topological polar surface area (TPSA) is 155 Å². The van der Waals surface area contributed by atoms with Crippen molar-refractivity contribution in [2.75, 3.05) is 39.9 Å². The molecule has 152 valence electrons. The van der Waals surface area contributed by atoms with Crippen molar-refractivity contribution in [1.82, 2.24) is 9.97 Å². The van der Waals surface area contributed by atoms with Crippen molar-refractivity contribution < 1.29 is 28.8 Å². The highest BCUT2D eigenvalue weighted by molar-refractivity contribution is 5.79. The second kappa shape index (κ2) is 11.0. The van der Waals surface area contributed by atoms with Crippen molar-refractivity contribution in [2.45, 2.75) is 0 Å². The predicted molar refractivity (Wildman–Crippen MR) is 106 cm³/mol. The van der Waals surface area contributed by atoms with Crippen LogP contribution in [0, 0.1) is 0 Å². The van der Waals surface area contributed by atoms with E-state index in [0.29, 0.717) is 34.4 Å². The molecular formula is C18H24N4O6. The van der Waals surface area contributed by atoms with Crippen LogP contribution in [-0.2, 0) is 4.79 Å². The first-order chi connectivity index (χ1) is 13.4. The molecule has 1 aromatic heterocycles. The molecule has 0 aliphatic carbocycles. The van der Waals surface area contributed by atoms with Crippen LogP contribution in [0.2, 0.25) is 0 Å². The van der Waals surface area contributed by atoms with Crippen LogP contribution in [0.3, 0.4) is 0 Å². The van der Waals surface area contributed by atoms with E-state index < -0.39 is 0 Å². The van der Waals surface area contributed by atoms with E-state index in [9.17, 15) is 0 Å². The summed E-state index contributed by atoms with van der Waals surface area (Å²) < 4.78 is 20.3. The maximum Gasteiger partial charge on any atom is 0.290 e. The number of methoxy groups -OCH3 is 4. The van der Waals surface area contributed by atoms with Crippen molar-refractivity contribution in [3.05, 3.63) is 30.6 Å². The van der Waals surface area contributed by atoms with Gasteiger partial charge in [0.25, 0.3) is 6.47 Å². The Morgan fingerprint density at radius 3 is 1.68 bits per heavy atom. The van der Waals surface area contributed by atoms with E-state index in [4.69, 9.17) is 40.3 Å². The number of carboxylic acid groups (broad SMARTS) is 1. The highest BCUT2D eigenvalue weighted by Gasteiger charge is 2.07. The van der Waals surface area contributed by atoms with Crippen LogP contribution >= 0.6 is 0 Å². The first kappa shape index (κ1) is 22.2. The van der Waals surface area contributed by atoms with Crippen LogP contribution in [0.4, 0.5) is 11.4 Å². The minimum Gasteiger partial charge on any atom is -0.493 e. The lowest BCUT2D eigenvalue weighted by Gasteiger charge is -2.09. The van der Waals surface area contributed by atoms with Gasteiger partial charge in [-0.1, -0.05) is 0 Å². The molecule has 3 aromatic rings. The number of anilines is 2. The van der Waals surface area contributed by atoms with E-state index in [1.165, 1.54) is 0 Å². The molecule has 0 spiro atoms. The third-order valence-electron chi connectivity index (χ3n) is 3.51. The third kappa shape index (κ3) is 5.59. The molecule has 0 fully saturated rings. The minimum atomic E-state index is -0.250. The number of nitrogen functional groups attached to an aromatic ring is 2. The molecule has 28 heavy (non-hydrogen) atoms. The largest absolute Gasteiger partial charge is 0.493 e. The predicted octanol–water partition coefficient (Wildman–Crippen LogP) is 2.15. The molecule has 0 saturated heterocycles. The number of hydrogen-bond donors (Lipinski definition) is 4. The molecule has 0 unspecified atom stereocenters. The van der Waals surface area contributed by atoms with Gasteiger partial charge >= 0.3 is 0 Å². The zero-order valence-corrected chi connectivity index (χ0v) is 16.1. The molecule has 10 nitrogen and oxygen atoms in total. The van der Waals surface area contributed by atoms with Crippen LogP contribution < -0.4 is 30.4 Å². The Morgan fingerprint density at radius 2 is 1.25 bits per heavy atom. The number of H-pyrrole nitrogens is 1. The Labute approximate surface area is 162 Å². The zero-order valence-electron chi connectivity index (χ0n) is 16.1. The Kier molecular flexibility index (Phi) is 8.74. The normalized spacial score (nSPS) is 9.29. The third-order valence-corrected chi connectivity index (χ3v) is 3.51. The van der Waals surface area contributed by atoms with Gasteiger partial charge in [-0.3, -0.25) is 4.79 Å². The fourth-order valence-electron chi connectivity index (χ4n) is 2.17. The number of ether oxygens (including phenoxy) is 4. The fraction of sp³-hybridized carbons (Fsp3) is 0.222. The molecule has 0 aliphatic heterocycles. The lowest BCUT2D eigenvalue weighted by molar-refractivity contribution is -0.122. The number of nitrogens with zero attached hydrogens (tertiary/aromatic N) is 1. The molecule has 0 atom stereocenters. The average Bonchev–Trinajstić information content (AvgIpc) is 3.17. The van der Waals surface area contributed by atoms with Crippen molar-refractivity contribution in [3.8, 4) is 23.0 Å². The molecule has 0 radical (unpaired) electrons. The number of carbonyl (C=O) groups is 1. The quantitative estimate of drug-likeness (QED) is 0.386. The molecule has 2 aromatic carbocycles. The van der Waals surface area contributed by atoms with Crippen LogP contribution in [-0.4, -0.2) is 50.0 Å². The van der Waals surface area contributed by atoms with Gasteiger partial charge in [-0.25, -0.2) is 4.98 Å². The molecular weight excluding hydrogens is 368 g/mol. The van der Waals surface area contributed by atoms with Crippen molar-refractivity contribution in [1.29, 1.82) is 0 Å². The number of hydrogen-bond acceptors (Lipinski definition) is 8. The fourth-order valence-corrected chi connectivity index (χ4v) is 2.17.